The molecule has 4 nitrogen and oxygen atoms in total. The number of halogens is 2. The van der Waals surface area contributed by atoms with Crippen LogP contribution in [-0.4, -0.2) is 22.0 Å². The molecule has 0 saturated carbocycles. The summed E-state index contributed by atoms with van der Waals surface area (Å²) < 4.78 is 16.1. The van der Waals surface area contributed by atoms with Crippen molar-refractivity contribution in [2.75, 3.05) is 11.4 Å². The van der Waals surface area contributed by atoms with E-state index in [2.05, 4.69) is 23.2 Å². The molecule has 0 bridgehead atoms. The molecule has 128 valence electrons. The summed E-state index contributed by atoms with van der Waals surface area (Å²) in [6.45, 7) is 0.976. The average molecular weight is 358 g/mol. The summed E-state index contributed by atoms with van der Waals surface area (Å²) in [4.78, 5) is 18.7. The zero-order chi connectivity index (χ0) is 17.4. The van der Waals surface area contributed by atoms with Gasteiger partial charge in [-0.15, -0.1) is 0 Å². The lowest BCUT2D eigenvalue weighted by atomic mass is 10.0. The molecular formula is C19H17ClFN3O. The Morgan fingerprint density at radius 2 is 2.16 bits per heavy atom. The first kappa shape index (κ1) is 16.1. The zero-order valence-corrected chi connectivity index (χ0v) is 14.3. The Hall–Kier alpha value is -2.40. The summed E-state index contributed by atoms with van der Waals surface area (Å²) in [6, 6.07) is 4.68. The second-order valence-electron chi connectivity index (χ2n) is 6.25. The first-order valence-electron chi connectivity index (χ1n) is 8.30. The summed E-state index contributed by atoms with van der Waals surface area (Å²) in [5.41, 5.74) is 2.38. The van der Waals surface area contributed by atoms with Gasteiger partial charge in [-0.25, -0.2) is 9.37 Å². The van der Waals surface area contributed by atoms with E-state index in [9.17, 15) is 9.18 Å². The molecule has 0 saturated heterocycles. The van der Waals surface area contributed by atoms with Gasteiger partial charge in [0.05, 0.1) is 16.4 Å². The van der Waals surface area contributed by atoms with E-state index in [1.807, 2.05) is 10.8 Å². The Morgan fingerprint density at radius 3 is 2.96 bits per heavy atom. The van der Waals surface area contributed by atoms with Gasteiger partial charge in [-0.2, -0.15) is 0 Å². The number of hydrogen-bond donors (Lipinski definition) is 0. The van der Waals surface area contributed by atoms with Crippen LogP contribution in [0, 0.1) is 5.82 Å². The minimum absolute atomic E-state index is 0.0113. The third kappa shape index (κ3) is 3.00. The van der Waals surface area contributed by atoms with E-state index in [0.29, 0.717) is 18.9 Å². The summed E-state index contributed by atoms with van der Waals surface area (Å²) in [6.07, 6.45) is 11.0. The van der Waals surface area contributed by atoms with Crippen molar-refractivity contribution in [2.45, 2.75) is 25.8 Å². The van der Waals surface area contributed by atoms with Crippen LogP contribution in [0.25, 0.3) is 0 Å². The molecular weight excluding hydrogens is 341 g/mol. The monoisotopic (exact) mass is 357 g/mol. The average Bonchev–Trinajstić information content (AvgIpc) is 3.03. The molecule has 4 rings (SSSR count). The first-order chi connectivity index (χ1) is 12.1. The topological polar surface area (TPSA) is 38.1 Å². The minimum atomic E-state index is -0.572. The van der Waals surface area contributed by atoms with Gasteiger partial charge in [0.15, 0.2) is 11.6 Å². The normalized spacial score (nSPS) is 16.8. The van der Waals surface area contributed by atoms with E-state index < -0.39 is 5.82 Å². The summed E-state index contributed by atoms with van der Waals surface area (Å²) in [5.74, 6) is -0.513. The molecule has 1 amide bonds. The lowest BCUT2D eigenvalue weighted by Crippen LogP contribution is -2.41. The van der Waals surface area contributed by atoms with Crippen molar-refractivity contribution < 1.29 is 9.18 Å². The zero-order valence-electron chi connectivity index (χ0n) is 13.6. The maximum absolute atomic E-state index is 14.3. The number of benzene rings is 1. The first-order valence-corrected chi connectivity index (χ1v) is 8.68. The molecule has 6 heteroatoms. The quantitative estimate of drug-likeness (QED) is 0.827. The Bertz CT molecular complexity index is 900. The molecule has 25 heavy (non-hydrogen) atoms. The highest BCUT2D eigenvalue weighted by Gasteiger charge is 2.30. The molecule has 1 aromatic carbocycles. The minimum Gasteiger partial charge on any atom is -0.325 e. The Labute approximate surface area is 150 Å². The van der Waals surface area contributed by atoms with Crippen molar-refractivity contribution in [3.05, 3.63) is 70.6 Å². The SMILES string of the molecule is O=C1c2nc(CC3=CC=CCC3)cn2CCN1c1cccc(Cl)c1F. The fraction of sp³-hybridized carbons (Fsp3) is 0.263. The number of carbonyl (C=O) groups is 1. The molecule has 2 heterocycles. The number of aromatic nitrogens is 2. The van der Waals surface area contributed by atoms with Crippen LogP contribution in [0.15, 0.2) is 48.2 Å². The van der Waals surface area contributed by atoms with Crippen LogP contribution in [-0.2, 0) is 13.0 Å². The lowest BCUT2D eigenvalue weighted by molar-refractivity contribution is 0.0958. The van der Waals surface area contributed by atoms with Gasteiger partial charge in [-0.3, -0.25) is 4.79 Å². The van der Waals surface area contributed by atoms with Gasteiger partial charge in [0.2, 0.25) is 0 Å². The largest absolute Gasteiger partial charge is 0.325 e. The lowest BCUT2D eigenvalue weighted by Gasteiger charge is -2.27. The number of carbonyl (C=O) groups excluding carboxylic acids is 1. The van der Waals surface area contributed by atoms with E-state index in [4.69, 9.17) is 11.6 Å². The molecule has 1 aromatic heterocycles. The van der Waals surface area contributed by atoms with E-state index in [1.54, 1.807) is 12.1 Å². The van der Waals surface area contributed by atoms with Crippen LogP contribution >= 0.6 is 11.6 Å². The summed E-state index contributed by atoms with van der Waals surface area (Å²) >= 11 is 5.85. The molecule has 0 spiro atoms. The Kier molecular flexibility index (Phi) is 4.17. The number of nitrogens with zero attached hydrogens (tertiary/aromatic N) is 3. The number of amides is 1. The maximum Gasteiger partial charge on any atom is 0.294 e. The molecule has 2 aromatic rings. The highest BCUT2D eigenvalue weighted by Crippen LogP contribution is 2.28. The van der Waals surface area contributed by atoms with Crippen molar-refractivity contribution in [3.8, 4) is 0 Å². The summed E-state index contributed by atoms with van der Waals surface area (Å²) in [5, 5.41) is 0.0113. The fourth-order valence-electron chi connectivity index (χ4n) is 3.29. The van der Waals surface area contributed by atoms with Gasteiger partial charge in [-0.05, 0) is 25.0 Å². The fourth-order valence-corrected chi connectivity index (χ4v) is 3.46. The molecule has 0 atom stereocenters. The molecule has 0 N–H and O–H groups in total. The van der Waals surface area contributed by atoms with Crippen LogP contribution in [0.5, 0.6) is 0 Å². The van der Waals surface area contributed by atoms with Gasteiger partial charge in [-0.1, -0.05) is 41.5 Å². The van der Waals surface area contributed by atoms with Gasteiger partial charge < -0.3 is 9.47 Å². The van der Waals surface area contributed by atoms with Crippen molar-refractivity contribution in [1.29, 1.82) is 0 Å². The van der Waals surface area contributed by atoms with Crippen LogP contribution in [0.3, 0.4) is 0 Å². The van der Waals surface area contributed by atoms with Gasteiger partial charge in [0.25, 0.3) is 5.91 Å². The van der Waals surface area contributed by atoms with Crippen molar-refractivity contribution in [3.63, 3.8) is 0 Å². The predicted molar refractivity (Wildman–Crippen MR) is 95.5 cm³/mol. The second-order valence-corrected chi connectivity index (χ2v) is 6.65. The number of hydrogen-bond acceptors (Lipinski definition) is 2. The van der Waals surface area contributed by atoms with E-state index >= 15 is 0 Å². The van der Waals surface area contributed by atoms with Crippen LogP contribution in [0.1, 0.15) is 29.2 Å². The number of imidazole rings is 1. The van der Waals surface area contributed by atoms with Crippen molar-refractivity contribution in [2.24, 2.45) is 0 Å². The van der Waals surface area contributed by atoms with Crippen LogP contribution < -0.4 is 4.90 Å². The van der Waals surface area contributed by atoms with E-state index in [1.165, 1.54) is 16.5 Å². The third-order valence-corrected chi connectivity index (χ3v) is 4.85. The molecule has 0 radical (unpaired) electrons. The van der Waals surface area contributed by atoms with Gasteiger partial charge in [0, 0.05) is 25.7 Å². The molecule has 0 unspecified atom stereocenters. The standard InChI is InChI=1S/C19H17ClFN3O/c20-15-7-4-8-16(17(15)21)24-10-9-23-12-14(22-18(23)19(24)25)11-13-5-2-1-3-6-13/h1-2,4-5,7-8,12H,3,6,9-11H2. The van der Waals surface area contributed by atoms with Gasteiger partial charge >= 0.3 is 0 Å². The number of rotatable bonds is 3. The Morgan fingerprint density at radius 1 is 1.28 bits per heavy atom. The number of anilines is 1. The van der Waals surface area contributed by atoms with Gasteiger partial charge in [0.1, 0.15) is 0 Å². The summed E-state index contributed by atoms with van der Waals surface area (Å²) in [7, 11) is 0. The molecule has 1 aliphatic heterocycles. The number of fused-ring (bicyclic) bond motifs is 1. The van der Waals surface area contributed by atoms with E-state index in [-0.39, 0.29) is 16.6 Å². The van der Waals surface area contributed by atoms with Crippen LogP contribution in [0.2, 0.25) is 5.02 Å². The Balaban J connectivity index is 1.61. The van der Waals surface area contributed by atoms with Crippen LogP contribution in [0.4, 0.5) is 10.1 Å². The smallest absolute Gasteiger partial charge is 0.294 e. The molecule has 0 fully saturated rings. The maximum atomic E-state index is 14.3. The molecule has 1 aliphatic carbocycles. The van der Waals surface area contributed by atoms with E-state index in [0.717, 1.165) is 25.0 Å². The number of allylic oxidation sites excluding steroid dienone is 4. The highest BCUT2D eigenvalue weighted by molar-refractivity contribution is 6.31. The van der Waals surface area contributed by atoms with Crippen molar-refractivity contribution >= 4 is 23.2 Å². The highest BCUT2D eigenvalue weighted by atomic mass is 35.5. The third-order valence-electron chi connectivity index (χ3n) is 4.56. The molecule has 2 aliphatic rings. The second kappa shape index (κ2) is 6.48. The van der Waals surface area contributed by atoms with Crippen molar-refractivity contribution in [1.82, 2.24) is 9.55 Å². The predicted octanol–water partition coefficient (Wildman–Crippen LogP) is 4.15.